The van der Waals surface area contributed by atoms with E-state index in [1.807, 2.05) is 42.6 Å². The van der Waals surface area contributed by atoms with Crippen LogP contribution < -0.4 is 11.1 Å². The molecule has 3 aromatic heterocycles. The van der Waals surface area contributed by atoms with Crippen LogP contribution in [-0.2, 0) is 6.42 Å². The van der Waals surface area contributed by atoms with E-state index < -0.39 is 12.2 Å². The summed E-state index contributed by atoms with van der Waals surface area (Å²) in [6, 6.07) is 13.8. The van der Waals surface area contributed by atoms with Crippen LogP contribution in [-0.4, -0.2) is 50.0 Å². The predicted octanol–water partition coefficient (Wildman–Crippen LogP) is 3.61. The number of fused-ring (bicyclic) bond motifs is 1. The normalized spacial score (nSPS) is 13.6. The van der Waals surface area contributed by atoms with Crippen LogP contribution in [0.3, 0.4) is 0 Å². The number of nitrogens with two attached hydrogens (primary N) is 1. The van der Waals surface area contributed by atoms with Crippen molar-refractivity contribution < 1.29 is 10.2 Å². The number of nitrogens with one attached hydrogen (secondary N) is 1. The quantitative estimate of drug-likeness (QED) is 0.267. The van der Waals surface area contributed by atoms with Crippen LogP contribution in [0.25, 0.3) is 21.6 Å². The van der Waals surface area contributed by atoms with Gasteiger partial charge < -0.3 is 21.3 Å². The first-order valence-electron chi connectivity index (χ1n) is 11.7. The highest BCUT2D eigenvalue weighted by Crippen LogP contribution is 2.32. The molecule has 0 aliphatic rings. The summed E-state index contributed by atoms with van der Waals surface area (Å²) in [5.74, 6) is 7.01. The Hall–Kier alpha value is -3.35. The van der Waals surface area contributed by atoms with Crippen molar-refractivity contribution in [2.75, 3.05) is 11.9 Å². The molecule has 4 aromatic rings. The third kappa shape index (κ3) is 6.41. The molecule has 0 saturated carbocycles. The van der Waals surface area contributed by atoms with Gasteiger partial charge in [-0.2, -0.15) is 0 Å². The van der Waals surface area contributed by atoms with Gasteiger partial charge in [-0.1, -0.05) is 55.5 Å². The second-order valence-corrected chi connectivity index (χ2v) is 9.24. The van der Waals surface area contributed by atoms with E-state index in [9.17, 15) is 10.2 Å². The Morgan fingerprint density at radius 2 is 1.86 bits per heavy atom. The molecule has 4 rings (SSSR count). The molecule has 180 valence electrons. The molecule has 5 N–H and O–H groups in total. The van der Waals surface area contributed by atoms with E-state index >= 15 is 0 Å². The maximum Gasteiger partial charge on any atom is 0.162 e. The van der Waals surface area contributed by atoms with Crippen LogP contribution in [0.15, 0.2) is 60.2 Å². The zero-order chi connectivity index (χ0) is 24.6. The minimum absolute atomic E-state index is 0.0961. The molecule has 0 fully saturated rings. The fourth-order valence-corrected chi connectivity index (χ4v) is 4.58. The number of thiophene rings is 1. The summed E-state index contributed by atoms with van der Waals surface area (Å²) in [4.78, 5) is 13.6. The van der Waals surface area contributed by atoms with E-state index in [0.717, 1.165) is 23.1 Å². The first-order valence-corrected chi connectivity index (χ1v) is 12.5. The van der Waals surface area contributed by atoms with Crippen LogP contribution in [0, 0.1) is 11.8 Å². The largest absolute Gasteiger partial charge is 0.389 e. The zero-order valence-corrected chi connectivity index (χ0v) is 20.4. The lowest BCUT2D eigenvalue weighted by Gasteiger charge is -2.14. The maximum atomic E-state index is 10.2. The van der Waals surface area contributed by atoms with Gasteiger partial charge in [-0.15, -0.1) is 11.3 Å². The number of hydrogen-bond donors (Lipinski definition) is 4. The van der Waals surface area contributed by atoms with E-state index in [0.29, 0.717) is 35.7 Å². The van der Waals surface area contributed by atoms with E-state index in [2.05, 4.69) is 34.3 Å². The second-order valence-electron chi connectivity index (χ2n) is 8.36. The number of nitrogens with zero attached hydrogens (tertiary/aromatic N) is 3. The minimum atomic E-state index is -1.11. The molecule has 0 radical (unpaired) electrons. The Morgan fingerprint density at radius 1 is 1.09 bits per heavy atom. The van der Waals surface area contributed by atoms with Gasteiger partial charge in [0.05, 0.1) is 16.4 Å². The fraction of sp³-hybridized carbons (Fsp3) is 0.296. The van der Waals surface area contributed by atoms with Gasteiger partial charge in [0.15, 0.2) is 5.82 Å². The van der Waals surface area contributed by atoms with Crippen LogP contribution in [0.2, 0.25) is 0 Å². The third-order valence-electron chi connectivity index (χ3n) is 5.53. The SMILES string of the molecule is CCC[C@@H](O)[C@H](O)C#Cc1csc2c(NC[C@@H](N)Cc3ccccc3)nc(-c3ccncc3)nc12. The lowest BCUT2D eigenvalue weighted by atomic mass is 10.1. The summed E-state index contributed by atoms with van der Waals surface area (Å²) < 4.78 is 0.864. The van der Waals surface area contributed by atoms with Crippen molar-refractivity contribution in [1.82, 2.24) is 15.0 Å². The first kappa shape index (κ1) is 24.8. The van der Waals surface area contributed by atoms with E-state index in [4.69, 9.17) is 15.7 Å². The van der Waals surface area contributed by atoms with E-state index in [1.54, 1.807) is 12.4 Å². The van der Waals surface area contributed by atoms with Crippen molar-refractivity contribution in [3.8, 4) is 23.2 Å². The van der Waals surface area contributed by atoms with Crippen molar-refractivity contribution in [1.29, 1.82) is 0 Å². The average Bonchev–Trinajstić information content (AvgIpc) is 3.30. The molecule has 0 unspecified atom stereocenters. The van der Waals surface area contributed by atoms with Gasteiger partial charge in [-0.25, -0.2) is 9.97 Å². The summed E-state index contributed by atoms with van der Waals surface area (Å²) in [6.07, 6.45) is 3.43. The summed E-state index contributed by atoms with van der Waals surface area (Å²) in [6.45, 7) is 2.49. The van der Waals surface area contributed by atoms with Crippen LogP contribution >= 0.6 is 11.3 Å². The Balaban J connectivity index is 1.63. The highest BCUT2D eigenvalue weighted by molar-refractivity contribution is 7.18. The zero-order valence-electron chi connectivity index (χ0n) is 19.6. The van der Waals surface area contributed by atoms with Crippen molar-refractivity contribution in [2.45, 2.75) is 44.4 Å². The van der Waals surface area contributed by atoms with Gasteiger partial charge in [-0.05, 0) is 30.5 Å². The van der Waals surface area contributed by atoms with Gasteiger partial charge in [-0.3, -0.25) is 4.98 Å². The smallest absolute Gasteiger partial charge is 0.162 e. The molecule has 3 heterocycles. The monoisotopic (exact) mass is 487 g/mol. The highest BCUT2D eigenvalue weighted by atomic mass is 32.1. The Morgan fingerprint density at radius 3 is 2.60 bits per heavy atom. The number of aromatic nitrogens is 3. The molecular formula is C27H29N5O2S. The average molecular weight is 488 g/mol. The summed E-state index contributed by atoms with van der Waals surface area (Å²) >= 11 is 1.48. The summed E-state index contributed by atoms with van der Waals surface area (Å²) in [5, 5.41) is 25.5. The van der Waals surface area contributed by atoms with Crippen LogP contribution in [0.4, 0.5) is 5.82 Å². The predicted molar refractivity (Wildman–Crippen MR) is 141 cm³/mol. The van der Waals surface area contributed by atoms with Gasteiger partial charge >= 0.3 is 0 Å². The number of anilines is 1. The first-order chi connectivity index (χ1) is 17.0. The molecule has 0 amide bonds. The van der Waals surface area contributed by atoms with Gasteiger partial charge in [0.2, 0.25) is 0 Å². The van der Waals surface area contributed by atoms with Crippen LogP contribution in [0.5, 0.6) is 0 Å². The minimum Gasteiger partial charge on any atom is -0.389 e. The van der Waals surface area contributed by atoms with Crippen molar-refractivity contribution in [3.05, 3.63) is 71.4 Å². The number of rotatable bonds is 9. The molecule has 0 aliphatic carbocycles. The van der Waals surface area contributed by atoms with Gasteiger partial charge in [0.1, 0.15) is 17.4 Å². The molecular weight excluding hydrogens is 458 g/mol. The Labute approximate surface area is 209 Å². The summed E-state index contributed by atoms with van der Waals surface area (Å²) in [5.41, 5.74) is 9.80. The molecule has 3 atom stereocenters. The van der Waals surface area contributed by atoms with Crippen LogP contribution in [0.1, 0.15) is 30.9 Å². The summed E-state index contributed by atoms with van der Waals surface area (Å²) in [7, 11) is 0. The van der Waals surface area contributed by atoms with E-state index in [-0.39, 0.29) is 6.04 Å². The molecule has 35 heavy (non-hydrogen) atoms. The maximum absolute atomic E-state index is 10.2. The Bertz CT molecular complexity index is 1300. The van der Waals surface area contributed by atoms with Gasteiger partial charge in [0.25, 0.3) is 0 Å². The number of benzene rings is 1. The third-order valence-corrected chi connectivity index (χ3v) is 6.51. The highest BCUT2D eigenvalue weighted by Gasteiger charge is 2.16. The molecule has 8 heteroatoms. The lowest BCUT2D eigenvalue weighted by molar-refractivity contribution is 0.0482. The van der Waals surface area contributed by atoms with E-state index in [1.165, 1.54) is 16.9 Å². The van der Waals surface area contributed by atoms with Crippen molar-refractivity contribution in [3.63, 3.8) is 0 Å². The number of hydrogen-bond acceptors (Lipinski definition) is 8. The topological polar surface area (TPSA) is 117 Å². The Kier molecular flexibility index (Phi) is 8.40. The van der Waals surface area contributed by atoms with Gasteiger partial charge in [0, 0.05) is 35.9 Å². The molecule has 7 nitrogen and oxygen atoms in total. The standard InChI is InChI=1S/C27H29N5O2S/c1-2-6-22(33)23(34)10-9-20-17-35-25-24(20)31-26(19-11-13-29-14-12-19)32-27(25)30-16-21(28)15-18-7-4-3-5-8-18/h3-5,7-8,11-14,17,21-23,33-34H,2,6,15-16,28H2,1H3,(H,30,31,32)/t21-,22+,23+/m0/s1. The molecule has 0 aliphatic heterocycles. The molecule has 0 saturated heterocycles. The fourth-order valence-electron chi connectivity index (χ4n) is 3.68. The number of pyridine rings is 1. The lowest BCUT2D eigenvalue weighted by Crippen LogP contribution is -2.31. The number of aliphatic hydroxyl groups excluding tert-OH is 2. The number of aliphatic hydroxyl groups is 2. The van der Waals surface area contributed by atoms with Crippen molar-refractivity contribution >= 4 is 27.4 Å². The second kappa shape index (κ2) is 11.9. The molecule has 0 bridgehead atoms. The molecule has 0 spiro atoms. The van der Waals surface area contributed by atoms with Crippen molar-refractivity contribution in [2.24, 2.45) is 5.73 Å². The molecule has 1 aromatic carbocycles.